The number of benzene rings is 3. The highest BCUT2D eigenvalue weighted by atomic mass is 32.1. The van der Waals surface area contributed by atoms with Gasteiger partial charge < -0.3 is 9.47 Å². The number of aromatic nitrogens is 1. The minimum Gasteiger partial charge on any atom is -0.486 e. The maximum Gasteiger partial charge on any atom is 0.338 e. The fraction of sp³-hybridized carbons (Fsp3) is 0.194. The summed E-state index contributed by atoms with van der Waals surface area (Å²) in [4.78, 5) is 31.8. The lowest BCUT2D eigenvalue weighted by atomic mass is 9.96. The predicted molar refractivity (Wildman–Crippen MR) is 149 cm³/mol. The number of hydrogen-bond donors (Lipinski definition) is 0. The molecule has 1 aliphatic rings. The van der Waals surface area contributed by atoms with Crippen LogP contribution in [0.15, 0.2) is 106 Å². The zero-order valence-corrected chi connectivity index (χ0v) is 22.3. The second-order valence-corrected chi connectivity index (χ2v) is 9.96. The van der Waals surface area contributed by atoms with Crippen LogP contribution in [-0.2, 0) is 9.53 Å². The molecule has 1 aromatic heterocycles. The minimum atomic E-state index is -0.607. The van der Waals surface area contributed by atoms with Crippen molar-refractivity contribution in [2.75, 3.05) is 6.61 Å². The third-order valence-corrected chi connectivity index (χ3v) is 7.37. The molecular formula is C31H28N2O4S. The van der Waals surface area contributed by atoms with Crippen LogP contribution in [0.2, 0.25) is 0 Å². The molecule has 0 radical (unpaired) electrons. The molecule has 0 unspecified atom stereocenters. The Labute approximate surface area is 224 Å². The number of nitrogens with zero attached hydrogens (tertiary/aromatic N) is 2. The predicted octanol–water partition coefficient (Wildman–Crippen LogP) is 4.94. The van der Waals surface area contributed by atoms with Gasteiger partial charge >= 0.3 is 5.97 Å². The van der Waals surface area contributed by atoms with E-state index in [4.69, 9.17) is 9.47 Å². The Morgan fingerprint density at radius 3 is 2.34 bits per heavy atom. The fourth-order valence-corrected chi connectivity index (χ4v) is 5.58. The van der Waals surface area contributed by atoms with Crippen molar-refractivity contribution in [2.45, 2.75) is 32.9 Å². The van der Waals surface area contributed by atoms with Gasteiger partial charge in [-0.2, -0.15) is 0 Å². The maximum atomic E-state index is 13.7. The van der Waals surface area contributed by atoms with Crippen molar-refractivity contribution in [3.05, 3.63) is 133 Å². The second kappa shape index (κ2) is 11.0. The van der Waals surface area contributed by atoms with Crippen LogP contribution < -0.4 is 19.6 Å². The van der Waals surface area contributed by atoms with E-state index in [9.17, 15) is 9.59 Å². The number of thiazole rings is 1. The first kappa shape index (κ1) is 25.4. The first-order valence-corrected chi connectivity index (χ1v) is 13.3. The molecule has 0 saturated heterocycles. The molecule has 1 aliphatic heterocycles. The lowest BCUT2D eigenvalue weighted by molar-refractivity contribution is -0.139. The fourth-order valence-electron chi connectivity index (χ4n) is 4.53. The minimum absolute atomic E-state index is 0.0828. The van der Waals surface area contributed by atoms with Gasteiger partial charge in [0.15, 0.2) is 4.80 Å². The van der Waals surface area contributed by atoms with Gasteiger partial charge in [-0.15, -0.1) is 0 Å². The van der Waals surface area contributed by atoms with Crippen molar-refractivity contribution in [1.29, 1.82) is 0 Å². The third kappa shape index (κ3) is 5.10. The highest BCUT2D eigenvalue weighted by Crippen LogP contribution is 2.30. The van der Waals surface area contributed by atoms with E-state index >= 15 is 0 Å². The Balaban J connectivity index is 1.50. The highest BCUT2D eigenvalue weighted by molar-refractivity contribution is 7.07. The van der Waals surface area contributed by atoms with Crippen molar-refractivity contribution in [3.8, 4) is 5.75 Å². The molecule has 0 N–H and O–H groups in total. The summed E-state index contributed by atoms with van der Waals surface area (Å²) in [5.74, 6) is 0.288. The Morgan fingerprint density at radius 1 is 1.03 bits per heavy atom. The van der Waals surface area contributed by atoms with Crippen LogP contribution in [0.1, 0.15) is 49.6 Å². The van der Waals surface area contributed by atoms with Gasteiger partial charge in [0.25, 0.3) is 5.56 Å². The summed E-state index contributed by atoms with van der Waals surface area (Å²) >= 11 is 1.31. The molecule has 0 spiro atoms. The first-order valence-electron chi connectivity index (χ1n) is 12.5. The van der Waals surface area contributed by atoms with Gasteiger partial charge in [0, 0.05) is 0 Å². The largest absolute Gasteiger partial charge is 0.486 e. The number of allylic oxidation sites excluding steroid dienone is 1. The maximum absolute atomic E-state index is 13.7. The number of rotatable bonds is 7. The Bertz CT molecular complexity index is 1650. The topological polar surface area (TPSA) is 69.9 Å². The zero-order chi connectivity index (χ0) is 26.6. The molecule has 0 saturated carbocycles. The van der Waals surface area contributed by atoms with Crippen LogP contribution in [0.4, 0.5) is 0 Å². The standard InChI is InChI=1S/C31H28N2O4S/c1-4-36-30(35)27-20(2)32-31-33(28(27)24-13-9-6-10-14-24)29(34)26(38-31)19-22-15-17-25(18-16-22)37-21(3)23-11-7-5-8-12-23/h5-19,21,28H,4H2,1-3H3/b26-19-/t21-,28-/m1/s1. The number of fused-ring (bicyclic) bond motifs is 1. The number of hydrogen-bond acceptors (Lipinski definition) is 6. The van der Waals surface area contributed by atoms with Crippen LogP contribution in [0.5, 0.6) is 5.75 Å². The molecule has 6 nitrogen and oxygen atoms in total. The van der Waals surface area contributed by atoms with E-state index in [1.54, 1.807) is 18.4 Å². The van der Waals surface area contributed by atoms with E-state index in [0.717, 1.165) is 22.4 Å². The van der Waals surface area contributed by atoms with Crippen LogP contribution >= 0.6 is 11.3 Å². The molecule has 192 valence electrons. The van der Waals surface area contributed by atoms with Crippen molar-refractivity contribution >= 4 is 23.4 Å². The Hall–Kier alpha value is -4.23. The first-order chi connectivity index (χ1) is 18.5. The smallest absolute Gasteiger partial charge is 0.338 e. The molecule has 0 bridgehead atoms. The van der Waals surface area contributed by atoms with Crippen molar-refractivity contribution in [2.24, 2.45) is 4.99 Å². The van der Waals surface area contributed by atoms with E-state index < -0.39 is 12.0 Å². The van der Waals surface area contributed by atoms with Gasteiger partial charge in [-0.05, 0) is 55.7 Å². The summed E-state index contributed by atoms with van der Waals surface area (Å²) in [7, 11) is 0. The lowest BCUT2D eigenvalue weighted by Gasteiger charge is -2.24. The van der Waals surface area contributed by atoms with Gasteiger partial charge in [0.1, 0.15) is 11.9 Å². The van der Waals surface area contributed by atoms with E-state index in [2.05, 4.69) is 4.99 Å². The number of carbonyl (C=O) groups is 1. The lowest BCUT2D eigenvalue weighted by Crippen LogP contribution is -2.39. The molecule has 7 heteroatoms. The second-order valence-electron chi connectivity index (χ2n) is 8.95. The van der Waals surface area contributed by atoms with Gasteiger partial charge in [-0.25, -0.2) is 9.79 Å². The zero-order valence-electron chi connectivity index (χ0n) is 21.5. The Morgan fingerprint density at radius 2 is 1.68 bits per heavy atom. The summed E-state index contributed by atoms with van der Waals surface area (Å²) in [5, 5.41) is 0. The highest BCUT2D eigenvalue weighted by Gasteiger charge is 2.33. The van der Waals surface area contributed by atoms with Crippen molar-refractivity contribution in [1.82, 2.24) is 4.57 Å². The molecule has 0 amide bonds. The van der Waals surface area contributed by atoms with Gasteiger partial charge in [0.2, 0.25) is 0 Å². The average Bonchev–Trinajstić information content (AvgIpc) is 3.24. The molecule has 2 atom stereocenters. The van der Waals surface area contributed by atoms with E-state index in [1.165, 1.54) is 11.3 Å². The van der Waals surface area contributed by atoms with Crippen LogP contribution in [-0.4, -0.2) is 17.1 Å². The van der Waals surface area contributed by atoms with Crippen LogP contribution in [0.25, 0.3) is 6.08 Å². The van der Waals surface area contributed by atoms with Crippen LogP contribution in [0, 0.1) is 0 Å². The SMILES string of the molecule is CCOC(=O)C1=C(C)N=c2s/c(=C\c3ccc(O[C@H](C)c4ccccc4)cc3)c(=O)n2[C@@H]1c1ccccc1. The van der Waals surface area contributed by atoms with Crippen molar-refractivity contribution in [3.63, 3.8) is 0 Å². The van der Waals surface area contributed by atoms with Crippen LogP contribution in [0.3, 0.4) is 0 Å². The normalized spacial score (nSPS) is 16.0. The monoisotopic (exact) mass is 524 g/mol. The average molecular weight is 525 g/mol. The van der Waals surface area contributed by atoms with Gasteiger partial charge in [-0.3, -0.25) is 9.36 Å². The summed E-state index contributed by atoms with van der Waals surface area (Å²) in [6.45, 7) is 5.80. The summed E-state index contributed by atoms with van der Waals surface area (Å²) in [5.41, 5.74) is 3.53. The van der Waals surface area contributed by atoms with Gasteiger partial charge in [-0.1, -0.05) is 84.1 Å². The number of carbonyl (C=O) groups excluding carboxylic acids is 1. The van der Waals surface area contributed by atoms with Crippen molar-refractivity contribution < 1.29 is 14.3 Å². The van der Waals surface area contributed by atoms with E-state index in [1.807, 2.05) is 97.9 Å². The molecule has 0 aliphatic carbocycles. The molecule has 4 aromatic rings. The molecule has 2 heterocycles. The molecule has 3 aromatic carbocycles. The number of esters is 1. The van der Waals surface area contributed by atoms with E-state index in [-0.39, 0.29) is 18.3 Å². The van der Waals surface area contributed by atoms with Gasteiger partial charge in [0.05, 0.1) is 28.5 Å². The summed E-state index contributed by atoms with van der Waals surface area (Å²) < 4.78 is 13.6. The molecule has 0 fully saturated rings. The summed E-state index contributed by atoms with van der Waals surface area (Å²) in [6.07, 6.45) is 1.76. The molecule has 5 rings (SSSR count). The third-order valence-electron chi connectivity index (χ3n) is 6.39. The molecule has 38 heavy (non-hydrogen) atoms. The van der Waals surface area contributed by atoms with E-state index in [0.29, 0.717) is 20.6 Å². The Kier molecular flexibility index (Phi) is 7.38. The summed E-state index contributed by atoms with van der Waals surface area (Å²) in [6, 6.07) is 26.6. The number of ether oxygens (including phenoxy) is 2. The quantitative estimate of drug-likeness (QED) is 0.321. The molecular weight excluding hydrogens is 496 g/mol.